The van der Waals surface area contributed by atoms with Gasteiger partial charge >= 0.3 is 5.97 Å². The molecule has 0 bridgehead atoms. The lowest BCUT2D eigenvalue weighted by Crippen LogP contribution is -2.32. The van der Waals surface area contributed by atoms with Gasteiger partial charge in [0.25, 0.3) is 5.91 Å². The number of hydrogen-bond acceptors (Lipinski definition) is 4. The smallest absolute Gasteiger partial charge is 0.337 e. The molecule has 132 valence electrons. The van der Waals surface area contributed by atoms with Crippen molar-refractivity contribution in [2.24, 2.45) is 0 Å². The first-order valence-electron chi connectivity index (χ1n) is 7.86. The number of carbonyl (C=O) groups excluding carboxylic acids is 2. The zero-order chi connectivity index (χ0) is 18.4. The lowest BCUT2D eigenvalue weighted by molar-refractivity contribution is -0.122. The minimum absolute atomic E-state index is 0.263. The number of nitrogens with one attached hydrogen (secondary N) is 1. The highest BCUT2D eigenvalue weighted by molar-refractivity contribution is 6.31. The number of carbonyl (C=O) groups is 2. The zero-order valence-electron chi connectivity index (χ0n) is 14.3. The van der Waals surface area contributed by atoms with Crippen LogP contribution in [0.4, 0.5) is 5.69 Å². The molecular weight excluding hydrogens is 342 g/mol. The van der Waals surface area contributed by atoms with E-state index >= 15 is 0 Å². The molecule has 0 aliphatic rings. The summed E-state index contributed by atoms with van der Waals surface area (Å²) in [5.41, 5.74) is 1.88. The van der Waals surface area contributed by atoms with Gasteiger partial charge in [-0.2, -0.15) is 0 Å². The van der Waals surface area contributed by atoms with Crippen LogP contribution in [0.2, 0.25) is 5.02 Å². The maximum Gasteiger partial charge on any atom is 0.337 e. The molecule has 1 N–H and O–H groups in total. The van der Waals surface area contributed by atoms with E-state index in [2.05, 4.69) is 10.1 Å². The lowest BCUT2D eigenvalue weighted by atomic mass is 10.2. The monoisotopic (exact) mass is 361 g/mol. The van der Waals surface area contributed by atoms with E-state index in [0.717, 1.165) is 5.56 Å². The number of methoxy groups -OCH3 is 1. The van der Waals surface area contributed by atoms with Crippen LogP contribution in [0, 0.1) is 6.92 Å². The summed E-state index contributed by atoms with van der Waals surface area (Å²) in [7, 11) is 1.32. The van der Waals surface area contributed by atoms with Crippen molar-refractivity contribution in [3.05, 3.63) is 58.6 Å². The third kappa shape index (κ3) is 4.97. The molecule has 0 heterocycles. The second-order valence-electron chi connectivity index (χ2n) is 5.48. The van der Waals surface area contributed by atoms with Gasteiger partial charge < -0.3 is 14.8 Å². The van der Waals surface area contributed by atoms with Crippen molar-refractivity contribution < 1.29 is 19.1 Å². The highest BCUT2D eigenvalue weighted by Crippen LogP contribution is 2.23. The van der Waals surface area contributed by atoms with Gasteiger partial charge in [0.2, 0.25) is 0 Å². The first kappa shape index (κ1) is 18.8. The molecule has 1 atom stereocenters. The van der Waals surface area contributed by atoms with E-state index < -0.39 is 12.1 Å². The van der Waals surface area contributed by atoms with Crippen LogP contribution < -0.4 is 10.1 Å². The predicted octanol–water partition coefficient (Wildman–Crippen LogP) is 4.23. The van der Waals surface area contributed by atoms with Crippen LogP contribution in [0.25, 0.3) is 0 Å². The number of esters is 1. The lowest BCUT2D eigenvalue weighted by Gasteiger charge is -2.18. The Hall–Kier alpha value is -2.53. The Morgan fingerprint density at radius 3 is 2.40 bits per heavy atom. The van der Waals surface area contributed by atoms with Crippen molar-refractivity contribution in [1.29, 1.82) is 0 Å². The van der Waals surface area contributed by atoms with Crippen molar-refractivity contribution in [2.75, 3.05) is 12.4 Å². The maximum absolute atomic E-state index is 12.4. The minimum atomic E-state index is -0.638. The average Bonchev–Trinajstić information content (AvgIpc) is 2.62. The van der Waals surface area contributed by atoms with Crippen LogP contribution in [-0.4, -0.2) is 25.1 Å². The SMILES string of the molecule is CC[C@@H](Oc1ccc(Cl)c(C)c1)C(=O)Nc1ccc(C(=O)OC)cc1. The molecule has 25 heavy (non-hydrogen) atoms. The molecule has 0 radical (unpaired) electrons. The van der Waals surface area contributed by atoms with E-state index in [1.807, 2.05) is 13.8 Å². The van der Waals surface area contributed by atoms with Gasteiger partial charge in [-0.15, -0.1) is 0 Å². The Kier molecular flexibility index (Phi) is 6.42. The van der Waals surface area contributed by atoms with E-state index in [0.29, 0.717) is 28.4 Å². The normalized spacial score (nSPS) is 11.5. The molecule has 0 aliphatic carbocycles. The number of benzene rings is 2. The summed E-state index contributed by atoms with van der Waals surface area (Å²) in [5.74, 6) is -0.100. The number of amides is 1. The summed E-state index contributed by atoms with van der Waals surface area (Å²) in [6.45, 7) is 3.74. The quantitative estimate of drug-likeness (QED) is 0.782. The molecule has 0 aliphatic heterocycles. The molecular formula is C19H20ClNO4. The summed E-state index contributed by atoms with van der Waals surface area (Å²) < 4.78 is 10.4. The fourth-order valence-corrected chi connectivity index (χ4v) is 2.32. The van der Waals surface area contributed by atoms with Gasteiger partial charge in [0.15, 0.2) is 6.10 Å². The second-order valence-corrected chi connectivity index (χ2v) is 5.89. The standard InChI is InChI=1S/C19H20ClNO4/c1-4-17(25-15-9-10-16(20)12(2)11-15)18(22)21-14-7-5-13(6-8-14)19(23)24-3/h5-11,17H,4H2,1-3H3,(H,21,22)/t17-/m1/s1. The van der Waals surface area contributed by atoms with Crippen LogP contribution in [0.1, 0.15) is 29.3 Å². The molecule has 1 amide bonds. The van der Waals surface area contributed by atoms with E-state index in [4.69, 9.17) is 16.3 Å². The van der Waals surface area contributed by atoms with Crippen molar-refractivity contribution in [3.63, 3.8) is 0 Å². The highest BCUT2D eigenvalue weighted by Gasteiger charge is 2.19. The Morgan fingerprint density at radius 1 is 1.16 bits per heavy atom. The van der Waals surface area contributed by atoms with E-state index in [9.17, 15) is 9.59 Å². The minimum Gasteiger partial charge on any atom is -0.481 e. The highest BCUT2D eigenvalue weighted by atomic mass is 35.5. The topological polar surface area (TPSA) is 64.6 Å². The summed E-state index contributed by atoms with van der Waals surface area (Å²) >= 11 is 6.00. The fraction of sp³-hybridized carbons (Fsp3) is 0.263. The van der Waals surface area contributed by atoms with Crippen LogP contribution in [0.5, 0.6) is 5.75 Å². The van der Waals surface area contributed by atoms with Crippen molar-refractivity contribution in [3.8, 4) is 5.75 Å². The first-order chi connectivity index (χ1) is 11.9. The van der Waals surface area contributed by atoms with Gasteiger partial charge in [-0.3, -0.25) is 4.79 Å². The van der Waals surface area contributed by atoms with E-state index in [-0.39, 0.29) is 5.91 Å². The predicted molar refractivity (Wildman–Crippen MR) is 97.3 cm³/mol. The summed E-state index contributed by atoms with van der Waals surface area (Å²) in [4.78, 5) is 23.8. The zero-order valence-corrected chi connectivity index (χ0v) is 15.1. The summed E-state index contributed by atoms with van der Waals surface area (Å²) in [5, 5.41) is 3.43. The van der Waals surface area contributed by atoms with Gasteiger partial charge in [-0.05, 0) is 61.4 Å². The molecule has 2 aromatic carbocycles. The Balaban J connectivity index is 2.04. The molecule has 5 nitrogen and oxygen atoms in total. The largest absolute Gasteiger partial charge is 0.481 e. The number of halogens is 1. The second kappa shape index (κ2) is 8.53. The summed E-state index contributed by atoms with van der Waals surface area (Å²) in [6.07, 6.45) is -0.130. The van der Waals surface area contributed by atoms with Gasteiger partial charge in [0.05, 0.1) is 12.7 Å². The van der Waals surface area contributed by atoms with Gasteiger partial charge in [0, 0.05) is 10.7 Å². The maximum atomic E-state index is 12.4. The Bertz CT molecular complexity index is 759. The molecule has 0 saturated carbocycles. The number of hydrogen-bond donors (Lipinski definition) is 1. The number of anilines is 1. The van der Waals surface area contributed by atoms with Gasteiger partial charge in [-0.25, -0.2) is 4.79 Å². The van der Waals surface area contributed by atoms with Crippen LogP contribution in [0.3, 0.4) is 0 Å². The third-order valence-electron chi connectivity index (χ3n) is 3.64. The van der Waals surface area contributed by atoms with Crippen molar-refractivity contribution in [1.82, 2.24) is 0 Å². The third-order valence-corrected chi connectivity index (χ3v) is 4.07. The Morgan fingerprint density at radius 2 is 1.84 bits per heavy atom. The average molecular weight is 362 g/mol. The first-order valence-corrected chi connectivity index (χ1v) is 8.24. The molecule has 0 saturated heterocycles. The summed E-state index contributed by atoms with van der Waals surface area (Å²) in [6, 6.07) is 11.7. The fourth-order valence-electron chi connectivity index (χ4n) is 2.21. The molecule has 0 unspecified atom stereocenters. The molecule has 0 aromatic heterocycles. The Labute approximate surface area is 151 Å². The number of rotatable bonds is 6. The van der Waals surface area contributed by atoms with E-state index in [1.54, 1.807) is 42.5 Å². The van der Waals surface area contributed by atoms with Crippen LogP contribution in [-0.2, 0) is 9.53 Å². The van der Waals surface area contributed by atoms with E-state index in [1.165, 1.54) is 7.11 Å². The van der Waals surface area contributed by atoms with Crippen molar-refractivity contribution in [2.45, 2.75) is 26.4 Å². The van der Waals surface area contributed by atoms with Crippen molar-refractivity contribution >= 4 is 29.2 Å². The molecule has 2 rings (SSSR count). The number of aryl methyl sites for hydroxylation is 1. The van der Waals surface area contributed by atoms with Crippen LogP contribution >= 0.6 is 11.6 Å². The van der Waals surface area contributed by atoms with Gasteiger partial charge in [0.1, 0.15) is 5.75 Å². The molecule has 0 spiro atoms. The molecule has 2 aromatic rings. The molecule has 0 fully saturated rings. The number of ether oxygens (including phenoxy) is 2. The molecule has 6 heteroatoms. The van der Waals surface area contributed by atoms with Crippen LogP contribution in [0.15, 0.2) is 42.5 Å². The van der Waals surface area contributed by atoms with Gasteiger partial charge in [-0.1, -0.05) is 18.5 Å².